The molecule has 0 fully saturated rings. The highest BCUT2D eigenvalue weighted by molar-refractivity contribution is 6.77. The molecule has 0 amide bonds. The lowest BCUT2D eigenvalue weighted by molar-refractivity contribution is -0.137. The molecule has 0 unspecified atom stereocenters. The van der Waals surface area contributed by atoms with E-state index in [2.05, 4.69) is 26.2 Å². The zero-order valence-electron chi connectivity index (χ0n) is 10.4. The van der Waals surface area contributed by atoms with Gasteiger partial charge in [-0.15, -0.1) is 0 Å². The second-order valence-electron chi connectivity index (χ2n) is 5.42. The standard InChI is InChI=1S/C13H17F3Si/c1-10(9-17(2,3)4)11-5-7-12(8-6-11)13(14,15)16/h5-8H,1,9H2,2-4H3. The van der Waals surface area contributed by atoms with Gasteiger partial charge in [0.1, 0.15) is 0 Å². The van der Waals surface area contributed by atoms with E-state index >= 15 is 0 Å². The van der Waals surface area contributed by atoms with Crippen LogP contribution in [0.25, 0.3) is 5.57 Å². The van der Waals surface area contributed by atoms with Gasteiger partial charge in [0.05, 0.1) is 5.56 Å². The Morgan fingerprint density at radius 1 is 1.12 bits per heavy atom. The monoisotopic (exact) mass is 258 g/mol. The van der Waals surface area contributed by atoms with Gasteiger partial charge in [0.15, 0.2) is 0 Å². The minimum atomic E-state index is -4.27. The van der Waals surface area contributed by atoms with Gasteiger partial charge in [-0.25, -0.2) is 0 Å². The fraction of sp³-hybridized carbons (Fsp3) is 0.385. The van der Waals surface area contributed by atoms with Crippen LogP contribution in [-0.2, 0) is 6.18 Å². The number of alkyl halides is 3. The van der Waals surface area contributed by atoms with Crippen LogP contribution in [0.1, 0.15) is 11.1 Å². The number of hydrogen-bond acceptors (Lipinski definition) is 0. The van der Waals surface area contributed by atoms with E-state index in [0.717, 1.165) is 29.3 Å². The fourth-order valence-electron chi connectivity index (χ4n) is 1.64. The summed E-state index contributed by atoms with van der Waals surface area (Å²) in [5.74, 6) is 0. The molecular formula is C13H17F3Si. The lowest BCUT2D eigenvalue weighted by Gasteiger charge is -2.18. The van der Waals surface area contributed by atoms with Gasteiger partial charge < -0.3 is 0 Å². The van der Waals surface area contributed by atoms with Crippen molar-refractivity contribution in [3.05, 3.63) is 42.0 Å². The Kier molecular flexibility index (Phi) is 3.87. The second kappa shape index (κ2) is 4.68. The zero-order valence-corrected chi connectivity index (χ0v) is 11.4. The van der Waals surface area contributed by atoms with Crippen molar-refractivity contribution in [2.24, 2.45) is 0 Å². The molecule has 0 saturated heterocycles. The van der Waals surface area contributed by atoms with Crippen molar-refractivity contribution in [2.45, 2.75) is 31.9 Å². The van der Waals surface area contributed by atoms with Crippen LogP contribution < -0.4 is 0 Å². The first-order chi connectivity index (χ1) is 7.59. The smallest absolute Gasteiger partial charge is 0.166 e. The highest BCUT2D eigenvalue weighted by Crippen LogP contribution is 2.31. The Morgan fingerprint density at radius 2 is 1.59 bits per heavy atom. The Balaban J connectivity index is 2.85. The summed E-state index contributed by atoms with van der Waals surface area (Å²) in [5, 5.41) is 0. The summed E-state index contributed by atoms with van der Waals surface area (Å²) in [6.45, 7) is 10.6. The molecular weight excluding hydrogens is 241 g/mol. The van der Waals surface area contributed by atoms with E-state index in [4.69, 9.17) is 0 Å². The predicted molar refractivity (Wildman–Crippen MR) is 68.6 cm³/mol. The molecule has 0 aromatic heterocycles. The Morgan fingerprint density at radius 3 is 1.94 bits per heavy atom. The van der Waals surface area contributed by atoms with E-state index in [9.17, 15) is 13.2 Å². The van der Waals surface area contributed by atoms with Crippen molar-refractivity contribution in [1.82, 2.24) is 0 Å². The van der Waals surface area contributed by atoms with Crippen molar-refractivity contribution in [1.29, 1.82) is 0 Å². The molecule has 94 valence electrons. The van der Waals surface area contributed by atoms with Crippen LogP contribution in [0.2, 0.25) is 25.7 Å². The molecule has 0 saturated carbocycles. The van der Waals surface area contributed by atoms with Gasteiger partial charge in [0.2, 0.25) is 0 Å². The first-order valence-corrected chi connectivity index (χ1v) is 9.16. The lowest BCUT2D eigenvalue weighted by Crippen LogP contribution is -2.19. The summed E-state index contributed by atoms with van der Waals surface area (Å²) in [7, 11) is -1.28. The molecule has 1 rings (SSSR count). The van der Waals surface area contributed by atoms with Crippen molar-refractivity contribution in [3.63, 3.8) is 0 Å². The van der Waals surface area contributed by atoms with Crippen LogP contribution in [0.3, 0.4) is 0 Å². The summed E-state index contributed by atoms with van der Waals surface area (Å²) < 4.78 is 37.1. The van der Waals surface area contributed by atoms with Crippen molar-refractivity contribution in [3.8, 4) is 0 Å². The van der Waals surface area contributed by atoms with E-state index in [-0.39, 0.29) is 0 Å². The average molecular weight is 258 g/mol. The highest BCUT2D eigenvalue weighted by Gasteiger charge is 2.30. The molecule has 0 aliphatic rings. The van der Waals surface area contributed by atoms with Gasteiger partial charge in [-0.1, -0.05) is 43.9 Å². The maximum Gasteiger partial charge on any atom is 0.416 e. The number of halogens is 3. The van der Waals surface area contributed by atoms with Crippen LogP contribution in [0.4, 0.5) is 13.2 Å². The van der Waals surface area contributed by atoms with Gasteiger partial charge in [-0.2, -0.15) is 13.2 Å². The average Bonchev–Trinajstić information content (AvgIpc) is 2.14. The van der Waals surface area contributed by atoms with Crippen LogP contribution in [0, 0.1) is 0 Å². The first-order valence-electron chi connectivity index (χ1n) is 5.45. The van der Waals surface area contributed by atoms with Crippen LogP contribution in [0.5, 0.6) is 0 Å². The van der Waals surface area contributed by atoms with E-state index in [0.29, 0.717) is 0 Å². The van der Waals surface area contributed by atoms with Crippen molar-refractivity contribution in [2.75, 3.05) is 0 Å². The molecule has 0 atom stereocenters. The predicted octanol–water partition coefficient (Wildman–Crippen LogP) is 5.06. The van der Waals surface area contributed by atoms with E-state index in [1.807, 2.05) is 0 Å². The van der Waals surface area contributed by atoms with Crippen LogP contribution >= 0.6 is 0 Å². The van der Waals surface area contributed by atoms with Crippen LogP contribution in [-0.4, -0.2) is 8.07 Å². The molecule has 17 heavy (non-hydrogen) atoms. The molecule has 0 radical (unpaired) electrons. The summed E-state index contributed by atoms with van der Waals surface area (Å²) in [4.78, 5) is 0. The van der Waals surface area contributed by atoms with E-state index < -0.39 is 19.8 Å². The summed E-state index contributed by atoms with van der Waals surface area (Å²) in [6, 6.07) is 6.14. The van der Waals surface area contributed by atoms with E-state index in [1.54, 1.807) is 0 Å². The molecule has 1 aromatic rings. The Hall–Kier alpha value is -1.03. The van der Waals surface area contributed by atoms with Gasteiger partial charge in [0.25, 0.3) is 0 Å². The minimum absolute atomic E-state index is 0.609. The third-order valence-corrected chi connectivity index (χ3v) is 3.85. The largest absolute Gasteiger partial charge is 0.416 e. The summed E-state index contributed by atoms with van der Waals surface area (Å²) in [5.41, 5.74) is 1.13. The fourth-order valence-corrected chi connectivity index (χ4v) is 3.12. The highest BCUT2D eigenvalue weighted by atomic mass is 28.3. The molecule has 0 aliphatic heterocycles. The number of hydrogen-bond donors (Lipinski definition) is 0. The van der Waals surface area contributed by atoms with Crippen molar-refractivity contribution < 1.29 is 13.2 Å². The van der Waals surface area contributed by atoms with Gasteiger partial charge >= 0.3 is 6.18 Å². The molecule has 0 N–H and O–H groups in total. The normalized spacial score (nSPS) is 12.6. The quantitative estimate of drug-likeness (QED) is 0.665. The third kappa shape index (κ3) is 4.38. The maximum atomic E-state index is 12.4. The molecule has 0 spiro atoms. The maximum absolute atomic E-state index is 12.4. The molecule has 4 heteroatoms. The number of rotatable bonds is 3. The Labute approximate surface area is 101 Å². The van der Waals surface area contributed by atoms with E-state index in [1.165, 1.54) is 12.1 Å². The zero-order chi connectivity index (χ0) is 13.3. The van der Waals surface area contributed by atoms with Crippen LogP contribution in [0.15, 0.2) is 30.8 Å². The topological polar surface area (TPSA) is 0 Å². The molecule has 0 bridgehead atoms. The SMILES string of the molecule is C=C(C[Si](C)(C)C)c1ccc(C(F)(F)F)cc1. The molecule has 1 aromatic carbocycles. The third-order valence-electron chi connectivity index (χ3n) is 2.36. The number of allylic oxidation sites excluding steroid dienone is 1. The van der Waals surface area contributed by atoms with Gasteiger partial charge in [-0.05, 0) is 23.7 Å². The molecule has 0 heterocycles. The minimum Gasteiger partial charge on any atom is -0.166 e. The molecule has 0 aliphatic carbocycles. The second-order valence-corrected chi connectivity index (χ2v) is 10.9. The van der Waals surface area contributed by atoms with Gasteiger partial charge in [0, 0.05) is 8.07 Å². The lowest BCUT2D eigenvalue weighted by atomic mass is 10.1. The van der Waals surface area contributed by atoms with Crippen molar-refractivity contribution >= 4 is 13.6 Å². The van der Waals surface area contributed by atoms with Gasteiger partial charge in [-0.3, -0.25) is 0 Å². The molecule has 0 nitrogen and oxygen atoms in total. The first kappa shape index (κ1) is 14.0. The Bertz CT molecular complexity index is 396. The summed E-state index contributed by atoms with van der Waals surface area (Å²) in [6.07, 6.45) is -4.27. The summed E-state index contributed by atoms with van der Waals surface area (Å²) >= 11 is 0. The number of benzene rings is 1.